The second-order valence-corrected chi connectivity index (χ2v) is 8.18. The van der Waals surface area contributed by atoms with Gasteiger partial charge in [-0.25, -0.2) is 9.97 Å². The van der Waals surface area contributed by atoms with Gasteiger partial charge in [-0.2, -0.15) is 0 Å². The van der Waals surface area contributed by atoms with Crippen LogP contribution < -0.4 is 4.90 Å². The van der Waals surface area contributed by atoms with Gasteiger partial charge in [-0.15, -0.1) is 0 Å². The Bertz CT molecular complexity index is 859. The summed E-state index contributed by atoms with van der Waals surface area (Å²) in [5, 5.41) is 0. The number of rotatable bonds is 4. The van der Waals surface area contributed by atoms with Crippen molar-refractivity contribution < 1.29 is 4.79 Å². The Balaban J connectivity index is 1.38. The third-order valence-corrected chi connectivity index (χ3v) is 6.30. The van der Waals surface area contributed by atoms with Crippen molar-refractivity contribution in [1.82, 2.24) is 19.4 Å². The molecule has 0 spiro atoms. The Morgan fingerprint density at radius 3 is 2.41 bits per heavy atom. The summed E-state index contributed by atoms with van der Waals surface area (Å²) < 4.78 is 2.49. The molecule has 0 atom stereocenters. The maximum atomic E-state index is 12.7. The van der Waals surface area contributed by atoms with Gasteiger partial charge >= 0.3 is 0 Å². The SMILES string of the molecule is Cc1cc(C=CC(=O)N2CCN(c3ncccn3)CC2)c(C)n1C1CCCCC1. The quantitative estimate of drug-likeness (QED) is 0.742. The van der Waals surface area contributed by atoms with E-state index in [1.165, 1.54) is 43.5 Å². The molecule has 1 aliphatic heterocycles. The number of carbonyl (C=O) groups is 1. The topological polar surface area (TPSA) is 54.3 Å². The van der Waals surface area contributed by atoms with Crippen LogP contribution in [0.25, 0.3) is 6.08 Å². The van der Waals surface area contributed by atoms with Crippen LogP contribution in [0.2, 0.25) is 0 Å². The van der Waals surface area contributed by atoms with Crippen molar-refractivity contribution in [2.75, 3.05) is 31.1 Å². The first-order chi connectivity index (χ1) is 14.1. The maximum Gasteiger partial charge on any atom is 0.246 e. The molecule has 0 unspecified atom stereocenters. The highest BCUT2D eigenvalue weighted by atomic mass is 16.2. The van der Waals surface area contributed by atoms with Crippen LogP contribution in [0.15, 0.2) is 30.6 Å². The number of carbonyl (C=O) groups excluding carboxylic acids is 1. The molecule has 0 aromatic carbocycles. The molecule has 6 heteroatoms. The monoisotopic (exact) mass is 393 g/mol. The highest BCUT2D eigenvalue weighted by molar-refractivity contribution is 5.92. The van der Waals surface area contributed by atoms with Gasteiger partial charge in [-0.3, -0.25) is 4.79 Å². The summed E-state index contributed by atoms with van der Waals surface area (Å²) in [6.07, 6.45) is 13.8. The third kappa shape index (κ3) is 4.36. The van der Waals surface area contributed by atoms with E-state index < -0.39 is 0 Å². The molecule has 1 saturated carbocycles. The highest BCUT2D eigenvalue weighted by Gasteiger charge is 2.22. The van der Waals surface area contributed by atoms with Gasteiger partial charge in [0.05, 0.1) is 0 Å². The van der Waals surface area contributed by atoms with Gasteiger partial charge in [0.2, 0.25) is 11.9 Å². The van der Waals surface area contributed by atoms with Gasteiger partial charge < -0.3 is 14.4 Å². The predicted molar refractivity (Wildman–Crippen MR) is 116 cm³/mol. The smallest absolute Gasteiger partial charge is 0.246 e. The van der Waals surface area contributed by atoms with Crippen LogP contribution in [0.5, 0.6) is 0 Å². The fraction of sp³-hybridized carbons (Fsp3) is 0.522. The molecule has 2 aromatic heterocycles. The van der Waals surface area contributed by atoms with Crippen molar-refractivity contribution in [2.45, 2.75) is 52.0 Å². The molecule has 2 aliphatic rings. The molecule has 0 bridgehead atoms. The average molecular weight is 394 g/mol. The van der Waals surface area contributed by atoms with E-state index in [0.29, 0.717) is 19.1 Å². The summed E-state index contributed by atoms with van der Waals surface area (Å²) >= 11 is 0. The van der Waals surface area contributed by atoms with Crippen LogP contribution in [0, 0.1) is 13.8 Å². The number of nitrogens with zero attached hydrogens (tertiary/aromatic N) is 5. The lowest BCUT2D eigenvalue weighted by Gasteiger charge is -2.34. The van der Waals surface area contributed by atoms with Crippen LogP contribution >= 0.6 is 0 Å². The number of hydrogen-bond donors (Lipinski definition) is 0. The van der Waals surface area contributed by atoms with Crippen LogP contribution in [-0.4, -0.2) is 51.5 Å². The van der Waals surface area contributed by atoms with E-state index in [1.807, 2.05) is 17.0 Å². The first-order valence-corrected chi connectivity index (χ1v) is 10.8. The number of hydrogen-bond acceptors (Lipinski definition) is 4. The first kappa shape index (κ1) is 19.7. The Hall–Kier alpha value is -2.63. The van der Waals surface area contributed by atoms with E-state index in [-0.39, 0.29) is 5.91 Å². The lowest BCUT2D eigenvalue weighted by molar-refractivity contribution is -0.126. The fourth-order valence-electron chi connectivity index (χ4n) is 4.72. The largest absolute Gasteiger partial charge is 0.346 e. The van der Waals surface area contributed by atoms with Crippen molar-refractivity contribution >= 4 is 17.9 Å². The Labute approximate surface area is 173 Å². The minimum atomic E-state index is 0.0844. The van der Waals surface area contributed by atoms with Crippen molar-refractivity contribution in [2.24, 2.45) is 0 Å². The zero-order valence-electron chi connectivity index (χ0n) is 17.5. The molecule has 6 nitrogen and oxygen atoms in total. The minimum absolute atomic E-state index is 0.0844. The zero-order chi connectivity index (χ0) is 20.2. The molecule has 29 heavy (non-hydrogen) atoms. The number of piperazine rings is 1. The Morgan fingerprint density at radius 2 is 1.72 bits per heavy atom. The number of aryl methyl sites for hydroxylation is 1. The van der Waals surface area contributed by atoms with E-state index in [9.17, 15) is 4.79 Å². The normalized spacial score (nSPS) is 18.6. The van der Waals surface area contributed by atoms with Crippen molar-refractivity contribution in [3.63, 3.8) is 0 Å². The summed E-state index contributed by atoms with van der Waals surface area (Å²) in [5.41, 5.74) is 3.75. The van der Waals surface area contributed by atoms with E-state index in [0.717, 1.165) is 24.6 Å². The highest BCUT2D eigenvalue weighted by Crippen LogP contribution is 2.32. The number of aromatic nitrogens is 3. The van der Waals surface area contributed by atoms with Crippen molar-refractivity contribution in [3.05, 3.63) is 47.6 Å². The first-order valence-electron chi connectivity index (χ1n) is 10.8. The summed E-state index contributed by atoms with van der Waals surface area (Å²) in [6.45, 7) is 7.29. The number of amides is 1. The molecule has 154 valence electrons. The van der Waals surface area contributed by atoms with Crippen LogP contribution in [0.1, 0.15) is 55.1 Å². The predicted octanol–water partition coefficient (Wildman–Crippen LogP) is 3.76. The van der Waals surface area contributed by atoms with E-state index in [1.54, 1.807) is 18.5 Å². The lowest BCUT2D eigenvalue weighted by atomic mass is 9.95. The molecule has 2 aromatic rings. The summed E-state index contributed by atoms with van der Waals surface area (Å²) in [4.78, 5) is 25.3. The molecule has 0 radical (unpaired) electrons. The fourth-order valence-corrected chi connectivity index (χ4v) is 4.72. The third-order valence-electron chi connectivity index (χ3n) is 6.30. The molecule has 1 amide bonds. The zero-order valence-corrected chi connectivity index (χ0v) is 17.5. The van der Waals surface area contributed by atoms with Gasteiger partial charge in [0.1, 0.15) is 0 Å². The maximum absolute atomic E-state index is 12.7. The van der Waals surface area contributed by atoms with Gasteiger partial charge in [0.15, 0.2) is 0 Å². The Kier molecular flexibility index (Phi) is 5.97. The standard InChI is InChI=1S/C23H31N5O/c1-18-17-20(19(2)28(18)21-7-4-3-5-8-21)9-10-22(29)26-13-15-27(16-14-26)23-24-11-6-12-25-23/h6,9-12,17,21H,3-5,7-8,13-16H2,1-2H3. The van der Waals surface area contributed by atoms with Crippen molar-refractivity contribution in [1.29, 1.82) is 0 Å². The van der Waals surface area contributed by atoms with Gasteiger partial charge in [-0.05, 0) is 50.5 Å². The van der Waals surface area contributed by atoms with E-state index in [4.69, 9.17) is 0 Å². The minimum Gasteiger partial charge on any atom is -0.346 e. The molecule has 4 rings (SSSR count). The molecule has 1 saturated heterocycles. The summed E-state index contributed by atoms with van der Waals surface area (Å²) in [7, 11) is 0. The van der Waals surface area contributed by atoms with Gasteiger partial charge in [0, 0.05) is 62.1 Å². The van der Waals surface area contributed by atoms with E-state index >= 15 is 0 Å². The van der Waals surface area contributed by atoms with Crippen LogP contribution in [0.4, 0.5) is 5.95 Å². The molecule has 2 fully saturated rings. The summed E-state index contributed by atoms with van der Waals surface area (Å²) in [5.74, 6) is 0.825. The molecule has 3 heterocycles. The number of anilines is 1. The molecular weight excluding hydrogens is 362 g/mol. The lowest BCUT2D eigenvalue weighted by Crippen LogP contribution is -2.48. The van der Waals surface area contributed by atoms with Crippen LogP contribution in [0.3, 0.4) is 0 Å². The van der Waals surface area contributed by atoms with Gasteiger partial charge in [0.25, 0.3) is 0 Å². The van der Waals surface area contributed by atoms with Crippen molar-refractivity contribution in [3.8, 4) is 0 Å². The molecular formula is C23H31N5O. The van der Waals surface area contributed by atoms with Gasteiger partial charge in [-0.1, -0.05) is 19.3 Å². The Morgan fingerprint density at radius 1 is 1.03 bits per heavy atom. The second-order valence-electron chi connectivity index (χ2n) is 8.18. The molecule has 0 N–H and O–H groups in total. The second kappa shape index (κ2) is 8.80. The van der Waals surface area contributed by atoms with E-state index in [2.05, 4.69) is 39.3 Å². The van der Waals surface area contributed by atoms with Crippen LogP contribution in [-0.2, 0) is 4.79 Å². The average Bonchev–Trinajstić information content (AvgIpc) is 3.06. The summed E-state index contributed by atoms with van der Waals surface area (Å²) in [6, 6.07) is 4.66. The molecule has 1 aliphatic carbocycles.